The molecule has 0 aliphatic rings. The van der Waals surface area contributed by atoms with E-state index >= 15 is 0 Å². The van der Waals surface area contributed by atoms with Gasteiger partial charge in [0.1, 0.15) is 6.04 Å². The Morgan fingerprint density at radius 3 is 2.55 bits per heavy atom. The van der Waals surface area contributed by atoms with Gasteiger partial charge in [-0.3, -0.25) is 4.79 Å². The molecule has 1 atom stereocenters. The number of amides is 1. The number of halogens is 3. The number of carbonyl (C=O) groups is 1. The Morgan fingerprint density at radius 1 is 1.45 bits per heavy atom. The van der Waals surface area contributed by atoms with E-state index in [4.69, 9.17) is 11.0 Å². The highest BCUT2D eigenvalue weighted by Gasteiger charge is 2.37. The summed E-state index contributed by atoms with van der Waals surface area (Å²) in [5, 5.41) is 8.84. The van der Waals surface area contributed by atoms with Crippen LogP contribution in [0, 0.1) is 18.3 Å². The van der Waals surface area contributed by atoms with Crippen molar-refractivity contribution < 1.29 is 18.0 Å². The quantitative estimate of drug-likeness (QED) is 0.945. The molecule has 22 heavy (non-hydrogen) atoms. The van der Waals surface area contributed by atoms with Crippen LogP contribution >= 0.6 is 0 Å². The number of aryl methyl sites for hydroxylation is 1. The molecule has 1 amide bonds. The highest BCUT2D eigenvalue weighted by atomic mass is 19.4. The largest absolute Gasteiger partial charge is 0.418 e. The van der Waals surface area contributed by atoms with E-state index in [2.05, 4.69) is 0 Å². The third-order valence-electron chi connectivity index (χ3n) is 3.65. The van der Waals surface area contributed by atoms with Crippen molar-refractivity contribution in [1.29, 1.82) is 5.26 Å². The minimum Gasteiger partial charge on any atom is -0.368 e. The zero-order chi connectivity index (χ0) is 16.7. The number of alkyl halides is 3. The van der Waals surface area contributed by atoms with Crippen LogP contribution in [-0.2, 0) is 11.0 Å². The molecule has 0 radical (unpaired) electrons. The topological polar surface area (TPSA) is 71.8 Å². The van der Waals surface area contributed by atoms with Crippen LogP contribution in [0.1, 0.15) is 36.2 Å². The first-order valence-electron chi connectivity index (χ1n) is 6.63. The van der Waals surface area contributed by atoms with Crippen molar-refractivity contribution in [2.75, 3.05) is 0 Å². The number of benzene rings is 1. The number of carbonyl (C=O) groups excluding carboxylic acids is 1. The first-order valence-corrected chi connectivity index (χ1v) is 6.63. The van der Waals surface area contributed by atoms with Gasteiger partial charge >= 0.3 is 6.18 Å². The molecule has 0 fully saturated rings. The van der Waals surface area contributed by atoms with Gasteiger partial charge in [-0.05, 0) is 31.5 Å². The smallest absolute Gasteiger partial charge is 0.368 e. The minimum atomic E-state index is -4.66. The second-order valence-electron chi connectivity index (χ2n) is 5.01. The van der Waals surface area contributed by atoms with Crippen LogP contribution in [0.2, 0.25) is 0 Å². The van der Waals surface area contributed by atoms with Crippen LogP contribution < -0.4 is 5.73 Å². The Balaban J connectivity index is 2.88. The number of nitrogens with two attached hydrogens (primary N) is 1. The van der Waals surface area contributed by atoms with Crippen molar-refractivity contribution in [1.82, 2.24) is 4.57 Å². The Morgan fingerprint density at radius 2 is 2.09 bits per heavy atom. The van der Waals surface area contributed by atoms with Gasteiger partial charge < -0.3 is 10.3 Å². The van der Waals surface area contributed by atoms with Crippen LogP contribution in [0.25, 0.3) is 10.9 Å². The standard InChI is InChI=1S/C15H14F3N3O/c1-3-11(14(20)22)21-8(2)6-10-12(21)5-4-9(7-19)13(10)15(16,17)18/h4-6,11H,3H2,1-2H3,(H2,20,22). The number of rotatable bonds is 3. The molecule has 2 aromatic rings. The van der Waals surface area contributed by atoms with Gasteiger partial charge in [-0.2, -0.15) is 18.4 Å². The molecule has 0 aliphatic carbocycles. The first kappa shape index (κ1) is 15.9. The molecule has 4 nitrogen and oxygen atoms in total. The SMILES string of the molecule is CCC(C(N)=O)n1c(C)cc2c(C(F)(F)F)c(C#N)ccc21. The number of hydrogen-bond donors (Lipinski definition) is 1. The van der Waals surface area contributed by atoms with Crippen LogP contribution in [-0.4, -0.2) is 10.5 Å². The molecular formula is C15H14F3N3O. The van der Waals surface area contributed by atoms with Crippen molar-refractivity contribution in [3.63, 3.8) is 0 Å². The Kier molecular flexibility index (Phi) is 3.88. The summed E-state index contributed by atoms with van der Waals surface area (Å²) >= 11 is 0. The van der Waals surface area contributed by atoms with Gasteiger partial charge in [0.2, 0.25) is 5.91 Å². The maximum Gasteiger partial charge on any atom is 0.418 e. The fourth-order valence-electron chi connectivity index (χ4n) is 2.76. The Hall–Kier alpha value is -2.49. The van der Waals surface area contributed by atoms with Gasteiger partial charge in [-0.25, -0.2) is 0 Å². The third kappa shape index (κ3) is 2.41. The number of nitriles is 1. The molecule has 1 aromatic heterocycles. The van der Waals surface area contributed by atoms with E-state index in [0.29, 0.717) is 12.1 Å². The van der Waals surface area contributed by atoms with Gasteiger partial charge in [-0.1, -0.05) is 6.92 Å². The second kappa shape index (κ2) is 5.37. The van der Waals surface area contributed by atoms with Crippen molar-refractivity contribution in [2.24, 2.45) is 5.73 Å². The van der Waals surface area contributed by atoms with Crippen LogP contribution in [0.4, 0.5) is 13.2 Å². The number of nitrogens with zero attached hydrogens (tertiary/aromatic N) is 2. The zero-order valence-corrected chi connectivity index (χ0v) is 12.0. The first-order chi connectivity index (χ1) is 10.2. The summed E-state index contributed by atoms with van der Waals surface area (Å²) in [5.74, 6) is -0.610. The van der Waals surface area contributed by atoms with Gasteiger partial charge in [0, 0.05) is 16.6 Å². The molecule has 1 heterocycles. The van der Waals surface area contributed by atoms with E-state index in [9.17, 15) is 18.0 Å². The van der Waals surface area contributed by atoms with E-state index < -0.39 is 29.3 Å². The summed E-state index contributed by atoms with van der Waals surface area (Å²) in [5.41, 5.74) is 4.66. The fourth-order valence-corrected chi connectivity index (χ4v) is 2.76. The molecule has 1 aromatic carbocycles. The minimum absolute atomic E-state index is 0.0937. The average Bonchev–Trinajstić information content (AvgIpc) is 2.73. The van der Waals surface area contributed by atoms with E-state index in [0.717, 1.165) is 6.07 Å². The number of primary amides is 1. The lowest BCUT2D eigenvalue weighted by molar-refractivity contribution is -0.136. The van der Waals surface area contributed by atoms with Gasteiger partial charge in [-0.15, -0.1) is 0 Å². The summed E-state index contributed by atoms with van der Waals surface area (Å²) in [6.45, 7) is 3.34. The molecule has 0 spiro atoms. The van der Waals surface area contributed by atoms with E-state index in [1.54, 1.807) is 19.9 Å². The maximum absolute atomic E-state index is 13.3. The summed E-state index contributed by atoms with van der Waals surface area (Å²) in [6, 6.07) is 4.71. The molecule has 7 heteroatoms. The van der Waals surface area contributed by atoms with Crippen LogP contribution in [0.5, 0.6) is 0 Å². The monoisotopic (exact) mass is 309 g/mol. The molecule has 116 valence electrons. The number of fused-ring (bicyclic) bond motifs is 1. The van der Waals surface area contributed by atoms with Crippen molar-refractivity contribution in [3.05, 3.63) is 35.0 Å². The summed E-state index contributed by atoms with van der Waals surface area (Å²) in [4.78, 5) is 11.6. The highest BCUT2D eigenvalue weighted by molar-refractivity contribution is 5.90. The molecular weight excluding hydrogens is 295 g/mol. The van der Waals surface area contributed by atoms with Crippen LogP contribution in [0.3, 0.4) is 0 Å². The van der Waals surface area contributed by atoms with Gasteiger partial charge in [0.25, 0.3) is 0 Å². The molecule has 1 unspecified atom stereocenters. The predicted octanol–water partition coefficient (Wildman–Crippen LogP) is 3.28. The van der Waals surface area contributed by atoms with Crippen molar-refractivity contribution in [2.45, 2.75) is 32.5 Å². The molecule has 0 bridgehead atoms. The number of hydrogen-bond acceptors (Lipinski definition) is 2. The molecule has 0 aliphatic heterocycles. The Labute approximate surface area is 124 Å². The van der Waals surface area contributed by atoms with E-state index in [1.807, 2.05) is 0 Å². The molecule has 0 saturated heterocycles. The molecule has 2 N–H and O–H groups in total. The van der Waals surface area contributed by atoms with Gasteiger partial charge in [0.15, 0.2) is 0 Å². The van der Waals surface area contributed by atoms with E-state index in [1.165, 1.54) is 16.7 Å². The average molecular weight is 309 g/mol. The zero-order valence-electron chi connectivity index (χ0n) is 12.0. The molecule has 0 saturated carbocycles. The predicted molar refractivity (Wildman–Crippen MR) is 74.9 cm³/mol. The van der Waals surface area contributed by atoms with Crippen LogP contribution in [0.15, 0.2) is 18.2 Å². The summed E-state index contributed by atoms with van der Waals surface area (Å²) in [6.07, 6.45) is -4.29. The second-order valence-corrected chi connectivity index (χ2v) is 5.01. The highest BCUT2D eigenvalue weighted by Crippen LogP contribution is 2.39. The lowest BCUT2D eigenvalue weighted by Crippen LogP contribution is -2.26. The maximum atomic E-state index is 13.3. The third-order valence-corrected chi connectivity index (χ3v) is 3.65. The van der Waals surface area contributed by atoms with Crippen molar-refractivity contribution in [3.8, 4) is 6.07 Å². The normalized spacial score (nSPS) is 13.1. The number of aromatic nitrogens is 1. The van der Waals surface area contributed by atoms with Crippen molar-refractivity contribution >= 4 is 16.8 Å². The van der Waals surface area contributed by atoms with Gasteiger partial charge in [0.05, 0.1) is 17.2 Å². The summed E-state index contributed by atoms with van der Waals surface area (Å²) < 4.78 is 41.4. The van der Waals surface area contributed by atoms with E-state index in [-0.39, 0.29) is 10.9 Å². The molecule has 2 rings (SSSR count). The Bertz CT molecular complexity index is 784. The fraction of sp³-hybridized carbons (Fsp3) is 0.333. The summed E-state index contributed by atoms with van der Waals surface area (Å²) in [7, 11) is 0. The lowest BCUT2D eigenvalue weighted by Gasteiger charge is -2.18. The lowest BCUT2D eigenvalue weighted by atomic mass is 10.0.